The van der Waals surface area contributed by atoms with Gasteiger partial charge in [0.1, 0.15) is 0 Å². The zero-order valence-corrected chi connectivity index (χ0v) is 13.2. The van der Waals surface area contributed by atoms with Crippen molar-refractivity contribution in [2.75, 3.05) is 19.6 Å². The number of aliphatic hydroxyl groups is 1. The Morgan fingerprint density at radius 1 is 1.38 bits per heavy atom. The van der Waals surface area contributed by atoms with Crippen LogP contribution >= 0.6 is 0 Å². The zero-order chi connectivity index (χ0) is 17.7. The number of piperidine rings is 1. The number of rotatable bonds is 7. The van der Waals surface area contributed by atoms with Gasteiger partial charge in [-0.3, -0.25) is 9.59 Å². The molecule has 2 amide bonds. The van der Waals surface area contributed by atoms with E-state index in [9.17, 15) is 23.5 Å². The van der Waals surface area contributed by atoms with Gasteiger partial charge in [-0.25, -0.2) is 8.78 Å². The Balaban J connectivity index is 1.97. The first-order chi connectivity index (χ1) is 11.3. The number of amides is 2. The van der Waals surface area contributed by atoms with Gasteiger partial charge >= 0.3 is 0 Å². The standard InChI is InChI=1S/C16H21F2N3O3/c17-12-3-2-11(8-13(12)18)9-21-7-1-5-16(24,15(21)23)10-20-6-4-14(19)22/h2-3,8,20,24H,1,4-7,9-10H2,(H2,19,22)/t16-/m1/s1. The van der Waals surface area contributed by atoms with Crippen molar-refractivity contribution in [3.8, 4) is 0 Å². The Kier molecular flexibility index (Phi) is 5.84. The summed E-state index contributed by atoms with van der Waals surface area (Å²) in [6.45, 7) is 0.808. The quantitative estimate of drug-likeness (QED) is 0.621. The monoisotopic (exact) mass is 341 g/mol. The highest BCUT2D eigenvalue weighted by Gasteiger charge is 2.41. The van der Waals surface area contributed by atoms with Crippen LogP contribution in [0, 0.1) is 11.6 Å². The molecule has 1 atom stereocenters. The van der Waals surface area contributed by atoms with E-state index in [2.05, 4.69) is 5.32 Å². The second kappa shape index (κ2) is 7.67. The first-order valence-corrected chi connectivity index (χ1v) is 7.76. The highest BCUT2D eigenvalue weighted by molar-refractivity contribution is 5.86. The average Bonchev–Trinajstić information content (AvgIpc) is 2.52. The van der Waals surface area contributed by atoms with Crippen LogP contribution in [0.2, 0.25) is 0 Å². The fourth-order valence-corrected chi connectivity index (χ4v) is 2.75. The molecule has 1 aromatic rings. The Labute approximate surface area is 138 Å². The third kappa shape index (κ3) is 4.48. The van der Waals surface area contributed by atoms with Gasteiger partial charge in [0.05, 0.1) is 0 Å². The van der Waals surface area contributed by atoms with E-state index in [1.54, 1.807) is 0 Å². The maximum Gasteiger partial charge on any atom is 0.256 e. The van der Waals surface area contributed by atoms with Gasteiger partial charge in [-0.05, 0) is 30.5 Å². The predicted octanol–water partition coefficient (Wildman–Crippen LogP) is 0.283. The fourth-order valence-electron chi connectivity index (χ4n) is 2.75. The lowest BCUT2D eigenvalue weighted by Crippen LogP contribution is -2.57. The Morgan fingerprint density at radius 3 is 2.79 bits per heavy atom. The third-order valence-electron chi connectivity index (χ3n) is 4.03. The van der Waals surface area contributed by atoms with Crippen LogP contribution in [0.15, 0.2) is 18.2 Å². The van der Waals surface area contributed by atoms with Crippen molar-refractivity contribution in [3.05, 3.63) is 35.4 Å². The molecule has 2 rings (SSSR count). The number of nitrogens with one attached hydrogen (secondary N) is 1. The number of nitrogens with zero attached hydrogens (tertiary/aromatic N) is 1. The molecule has 1 aliphatic rings. The summed E-state index contributed by atoms with van der Waals surface area (Å²) in [5.41, 5.74) is 3.91. The Morgan fingerprint density at radius 2 is 2.12 bits per heavy atom. The number of primary amides is 1. The lowest BCUT2D eigenvalue weighted by Gasteiger charge is -2.38. The van der Waals surface area contributed by atoms with Crippen LogP contribution in [0.1, 0.15) is 24.8 Å². The summed E-state index contributed by atoms with van der Waals surface area (Å²) in [6, 6.07) is 3.46. The summed E-state index contributed by atoms with van der Waals surface area (Å²) < 4.78 is 26.2. The van der Waals surface area contributed by atoms with E-state index in [-0.39, 0.29) is 26.1 Å². The van der Waals surface area contributed by atoms with Gasteiger partial charge in [0.2, 0.25) is 5.91 Å². The van der Waals surface area contributed by atoms with Crippen LogP contribution in [0.3, 0.4) is 0 Å². The van der Waals surface area contributed by atoms with Crippen molar-refractivity contribution >= 4 is 11.8 Å². The largest absolute Gasteiger partial charge is 0.379 e. The topological polar surface area (TPSA) is 95.7 Å². The summed E-state index contributed by atoms with van der Waals surface area (Å²) in [4.78, 5) is 24.6. The molecule has 0 saturated carbocycles. The molecule has 8 heteroatoms. The average molecular weight is 341 g/mol. The molecule has 1 aromatic carbocycles. The molecule has 132 valence electrons. The lowest BCUT2D eigenvalue weighted by molar-refractivity contribution is -0.157. The lowest BCUT2D eigenvalue weighted by atomic mass is 9.91. The summed E-state index contributed by atoms with van der Waals surface area (Å²) in [5.74, 6) is -2.85. The number of nitrogens with two attached hydrogens (primary N) is 1. The molecule has 1 heterocycles. The third-order valence-corrected chi connectivity index (χ3v) is 4.03. The molecule has 0 aromatic heterocycles. The van der Waals surface area contributed by atoms with Gasteiger partial charge < -0.3 is 21.1 Å². The molecule has 0 aliphatic carbocycles. The molecule has 6 nitrogen and oxygen atoms in total. The molecule has 4 N–H and O–H groups in total. The minimum Gasteiger partial charge on any atom is -0.379 e. The molecule has 1 aliphatic heterocycles. The zero-order valence-electron chi connectivity index (χ0n) is 13.2. The van der Waals surface area contributed by atoms with Crippen LogP contribution in [0.25, 0.3) is 0 Å². The maximum atomic E-state index is 13.3. The predicted molar refractivity (Wildman–Crippen MR) is 82.6 cm³/mol. The van der Waals surface area contributed by atoms with Crippen molar-refractivity contribution in [1.82, 2.24) is 10.2 Å². The fraction of sp³-hybridized carbons (Fsp3) is 0.500. The van der Waals surface area contributed by atoms with Gasteiger partial charge in [0, 0.05) is 32.6 Å². The summed E-state index contributed by atoms with van der Waals surface area (Å²) in [7, 11) is 0. The molecular formula is C16H21F2N3O3. The number of hydrogen-bond acceptors (Lipinski definition) is 4. The molecule has 24 heavy (non-hydrogen) atoms. The molecule has 1 saturated heterocycles. The van der Waals surface area contributed by atoms with E-state index in [0.29, 0.717) is 24.9 Å². The van der Waals surface area contributed by atoms with E-state index in [1.807, 2.05) is 0 Å². The van der Waals surface area contributed by atoms with E-state index >= 15 is 0 Å². The molecule has 0 spiro atoms. The summed E-state index contributed by atoms with van der Waals surface area (Å²) in [6.07, 6.45) is 0.996. The SMILES string of the molecule is NC(=O)CCNC[C@]1(O)CCCN(Cc2ccc(F)c(F)c2)C1=O. The van der Waals surface area contributed by atoms with Crippen molar-refractivity contribution in [2.24, 2.45) is 5.73 Å². The summed E-state index contributed by atoms with van der Waals surface area (Å²) in [5, 5.41) is 13.4. The summed E-state index contributed by atoms with van der Waals surface area (Å²) >= 11 is 0. The highest BCUT2D eigenvalue weighted by atomic mass is 19.2. The number of benzene rings is 1. The number of hydrogen-bond donors (Lipinski definition) is 3. The van der Waals surface area contributed by atoms with E-state index in [0.717, 1.165) is 12.1 Å². The minimum atomic E-state index is -1.57. The molecular weight excluding hydrogens is 320 g/mol. The van der Waals surface area contributed by atoms with Gasteiger partial charge in [-0.2, -0.15) is 0 Å². The van der Waals surface area contributed by atoms with Crippen molar-refractivity contribution in [2.45, 2.75) is 31.4 Å². The smallest absolute Gasteiger partial charge is 0.256 e. The number of halogens is 2. The second-order valence-electron chi connectivity index (χ2n) is 6.00. The molecule has 0 bridgehead atoms. The first-order valence-electron chi connectivity index (χ1n) is 7.76. The number of carbonyl (C=O) groups is 2. The van der Waals surface area contributed by atoms with Crippen molar-refractivity contribution in [1.29, 1.82) is 0 Å². The number of carbonyl (C=O) groups excluding carboxylic acids is 2. The van der Waals surface area contributed by atoms with Crippen molar-refractivity contribution < 1.29 is 23.5 Å². The maximum absolute atomic E-state index is 13.3. The van der Waals surface area contributed by atoms with Crippen LogP contribution in [0.5, 0.6) is 0 Å². The second-order valence-corrected chi connectivity index (χ2v) is 6.00. The van der Waals surface area contributed by atoms with Crippen LogP contribution in [-0.4, -0.2) is 47.1 Å². The first kappa shape index (κ1) is 18.3. The minimum absolute atomic E-state index is 0.00733. The van der Waals surface area contributed by atoms with Gasteiger partial charge in [0.15, 0.2) is 17.2 Å². The van der Waals surface area contributed by atoms with Crippen LogP contribution in [-0.2, 0) is 16.1 Å². The van der Waals surface area contributed by atoms with Crippen LogP contribution < -0.4 is 11.1 Å². The normalized spacial score (nSPS) is 21.1. The Bertz CT molecular complexity index is 627. The van der Waals surface area contributed by atoms with E-state index < -0.39 is 29.0 Å². The van der Waals surface area contributed by atoms with Gasteiger partial charge in [0.25, 0.3) is 5.91 Å². The van der Waals surface area contributed by atoms with E-state index in [1.165, 1.54) is 11.0 Å². The molecule has 0 unspecified atom stereocenters. The molecule has 1 fully saturated rings. The number of likely N-dealkylation sites (tertiary alicyclic amines) is 1. The Hall–Kier alpha value is -2.06. The van der Waals surface area contributed by atoms with E-state index in [4.69, 9.17) is 5.73 Å². The van der Waals surface area contributed by atoms with Crippen molar-refractivity contribution in [3.63, 3.8) is 0 Å². The molecule has 0 radical (unpaired) electrons. The van der Waals surface area contributed by atoms with Crippen LogP contribution in [0.4, 0.5) is 8.78 Å². The van der Waals surface area contributed by atoms with Gasteiger partial charge in [-0.1, -0.05) is 6.07 Å². The highest BCUT2D eigenvalue weighted by Crippen LogP contribution is 2.24. The van der Waals surface area contributed by atoms with Gasteiger partial charge in [-0.15, -0.1) is 0 Å².